The molecule has 7 heteroatoms. The van der Waals surface area contributed by atoms with Gasteiger partial charge >= 0.3 is 0 Å². The van der Waals surface area contributed by atoms with E-state index in [1.165, 1.54) is 11.3 Å². The van der Waals surface area contributed by atoms with Crippen LogP contribution in [-0.2, 0) is 4.79 Å². The van der Waals surface area contributed by atoms with Crippen molar-refractivity contribution in [3.8, 4) is 10.7 Å². The minimum Gasteiger partial charge on any atom is -0.337 e. The first kappa shape index (κ1) is 15.1. The summed E-state index contributed by atoms with van der Waals surface area (Å²) in [5.74, 6) is 1.72. The molecule has 0 N–H and O–H groups in total. The molecule has 2 aromatic heterocycles. The molecule has 1 unspecified atom stereocenters. The van der Waals surface area contributed by atoms with Gasteiger partial charge in [-0.2, -0.15) is 4.98 Å². The SMILES string of the molecule is CC(C)CC(c1nc(-c2cncs2)no1)N1CCCCC1=O. The maximum atomic E-state index is 12.3. The van der Waals surface area contributed by atoms with Crippen LogP contribution in [0.15, 0.2) is 16.2 Å². The van der Waals surface area contributed by atoms with E-state index in [0.717, 1.165) is 30.7 Å². The molecule has 6 nitrogen and oxygen atoms in total. The number of hydrogen-bond acceptors (Lipinski definition) is 6. The number of nitrogens with zero attached hydrogens (tertiary/aromatic N) is 4. The van der Waals surface area contributed by atoms with Crippen molar-refractivity contribution >= 4 is 17.2 Å². The first-order valence-electron chi connectivity index (χ1n) is 7.67. The van der Waals surface area contributed by atoms with Crippen molar-refractivity contribution in [2.24, 2.45) is 5.92 Å². The summed E-state index contributed by atoms with van der Waals surface area (Å²) in [4.78, 5) is 23.6. The van der Waals surface area contributed by atoms with Crippen molar-refractivity contribution in [1.29, 1.82) is 0 Å². The van der Waals surface area contributed by atoms with Crippen LogP contribution in [0.25, 0.3) is 10.7 Å². The van der Waals surface area contributed by atoms with Gasteiger partial charge in [-0.05, 0) is 25.2 Å². The quantitative estimate of drug-likeness (QED) is 0.845. The van der Waals surface area contributed by atoms with Crippen LogP contribution >= 0.6 is 11.3 Å². The van der Waals surface area contributed by atoms with Gasteiger partial charge in [-0.25, -0.2) is 0 Å². The van der Waals surface area contributed by atoms with Crippen LogP contribution < -0.4 is 0 Å². The standard InChI is InChI=1S/C15H20N4O2S/c1-10(2)7-11(19-6-4-3-5-13(19)20)15-17-14(18-21-15)12-8-16-9-22-12/h8-11H,3-7H2,1-2H3. The zero-order valence-electron chi connectivity index (χ0n) is 12.9. The Morgan fingerprint density at radius 1 is 1.41 bits per heavy atom. The average Bonchev–Trinajstić information content (AvgIpc) is 3.16. The van der Waals surface area contributed by atoms with Gasteiger partial charge in [-0.1, -0.05) is 19.0 Å². The van der Waals surface area contributed by atoms with E-state index >= 15 is 0 Å². The van der Waals surface area contributed by atoms with E-state index in [-0.39, 0.29) is 11.9 Å². The molecule has 22 heavy (non-hydrogen) atoms. The highest BCUT2D eigenvalue weighted by Gasteiger charge is 2.32. The third-order valence-electron chi connectivity index (χ3n) is 3.81. The molecule has 0 radical (unpaired) electrons. The molecule has 2 aromatic rings. The molecule has 3 rings (SSSR count). The number of likely N-dealkylation sites (tertiary alicyclic amines) is 1. The van der Waals surface area contributed by atoms with E-state index in [1.807, 2.05) is 4.90 Å². The molecular formula is C15H20N4O2S. The van der Waals surface area contributed by atoms with E-state index in [4.69, 9.17) is 4.52 Å². The molecule has 0 aromatic carbocycles. The van der Waals surface area contributed by atoms with Crippen LogP contribution in [0.3, 0.4) is 0 Å². The second-order valence-corrected chi connectivity index (χ2v) is 6.90. The third-order valence-corrected chi connectivity index (χ3v) is 4.58. The minimum absolute atomic E-state index is 0.123. The molecule has 1 saturated heterocycles. The number of piperidine rings is 1. The van der Waals surface area contributed by atoms with Crippen molar-refractivity contribution in [3.05, 3.63) is 17.6 Å². The Morgan fingerprint density at radius 3 is 2.95 bits per heavy atom. The molecule has 3 heterocycles. The molecule has 118 valence electrons. The molecule has 0 spiro atoms. The van der Waals surface area contributed by atoms with Gasteiger partial charge in [-0.15, -0.1) is 11.3 Å². The van der Waals surface area contributed by atoms with E-state index < -0.39 is 0 Å². The summed E-state index contributed by atoms with van der Waals surface area (Å²) in [5.41, 5.74) is 1.74. The van der Waals surface area contributed by atoms with Crippen molar-refractivity contribution in [2.45, 2.75) is 45.6 Å². The predicted molar refractivity (Wildman–Crippen MR) is 83.2 cm³/mol. The predicted octanol–water partition coefficient (Wildman–Crippen LogP) is 3.29. The van der Waals surface area contributed by atoms with E-state index in [9.17, 15) is 4.79 Å². The number of carbonyl (C=O) groups is 1. The Morgan fingerprint density at radius 2 is 2.27 bits per heavy atom. The van der Waals surface area contributed by atoms with Crippen LogP contribution in [-0.4, -0.2) is 32.5 Å². The summed E-state index contributed by atoms with van der Waals surface area (Å²) in [6.45, 7) is 5.05. The fourth-order valence-corrected chi connectivity index (χ4v) is 3.31. The lowest BCUT2D eigenvalue weighted by molar-refractivity contribution is -0.137. The fraction of sp³-hybridized carbons (Fsp3) is 0.600. The lowest BCUT2D eigenvalue weighted by atomic mass is 9.99. The van der Waals surface area contributed by atoms with Crippen molar-refractivity contribution in [3.63, 3.8) is 0 Å². The Labute approximate surface area is 133 Å². The number of aromatic nitrogens is 3. The number of hydrogen-bond donors (Lipinski definition) is 0. The lowest BCUT2D eigenvalue weighted by Gasteiger charge is -2.33. The van der Waals surface area contributed by atoms with Gasteiger partial charge in [0.05, 0.1) is 10.4 Å². The highest BCUT2D eigenvalue weighted by molar-refractivity contribution is 7.13. The zero-order valence-corrected chi connectivity index (χ0v) is 13.7. The number of rotatable bonds is 5. The molecule has 0 bridgehead atoms. The fourth-order valence-electron chi connectivity index (χ4n) is 2.76. The number of amides is 1. The summed E-state index contributed by atoms with van der Waals surface area (Å²) >= 11 is 1.47. The maximum Gasteiger partial charge on any atom is 0.249 e. The largest absolute Gasteiger partial charge is 0.337 e. The van der Waals surface area contributed by atoms with Crippen LogP contribution in [0.4, 0.5) is 0 Å². The van der Waals surface area contributed by atoms with Crippen molar-refractivity contribution in [1.82, 2.24) is 20.0 Å². The van der Waals surface area contributed by atoms with Crippen LogP contribution in [0.2, 0.25) is 0 Å². The Bertz CT molecular complexity index is 623. The zero-order chi connectivity index (χ0) is 15.5. The maximum absolute atomic E-state index is 12.3. The molecule has 1 aliphatic heterocycles. The summed E-state index contributed by atoms with van der Waals surface area (Å²) in [6, 6.07) is -0.123. The Kier molecular flexibility index (Phi) is 4.52. The van der Waals surface area contributed by atoms with Crippen LogP contribution in [0, 0.1) is 5.92 Å². The normalized spacial score (nSPS) is 17.2. The van der Waals surface area contributed by atoms with Crippen molar-refractivity contribution < 1.29 is 9.32 Å². The Balaban J connectivity index is 1.87. The van der Waals surface area contributed by atoms with E-state index in [0.29, 0.717) is 24.1 Å². The molecule has 1 aliphatic rings. The molecule has 1 fully saturated rings. The van der Waals surface area contributed by atoms with Gasteiger partial charge in [0.15, 0.2) is 0 Å². The number of carbonyl (C=O) groups excluding carboxylic acids is 1. The molecule has 0 aliphatic carbocycles. The minimum atomic E-state index is -0.123. The monoisotopic (exact) mass is 320 g/mol. The average molecular weight is 320 g/mol. The molecule has 1 atom stereocenters. The first-order valence-corrected chi connectivity index (χ1v) is 8.55. The Hall–Kier alpha value is -1.76. The van der Waals surface area contributed by atoms with E-state index in [1.54, 1.807) is 11.7 Å². The molecule has 1 amide bonds. The third kappa shape index (κ3) is 3.19. The lowest BCUT2D eigenvalue weighted by Crippen LogP contribution is -2.39. The first-order chi connectivity index (χ1) is 10.6. The topological polar surface area (TPSA) is 72.1 Å². The van der Waals surface area contributed by atoms with Gasteiger partial charge in [-0.3, -0.25) is 9.78 Å². The van der Waals surface area contributed by atoms with Crippen molar-refractivity contribution in [2.75, 3.05) is 6.54 Å². The highest BCUT2D eigenvalue weighted by atomic mass is 32.1. The number of thiazole rings is 1. The van der Waals surface area contributed by atoms with Gasteiger partial charge < -0.3 is 9.42 Å². The second-order valence-electron chi connectivity index (χ2n) is 6.01. The summed E-state index contributed by atoms with van der Waals surface area (Å²) < 4.78 is 5.48. The van der Waals surface area contributed by atoms with Gasteiger partial charge in [0.25, 0.3) is 0 Å². The van der Waals surface area contributed by atoms with Crippen LogP contribution in [0.1, 0.15) is 51.5 Å². The summed E-state index contributed by atoms with van der Waals surface area (Å²) in [6.07, 6.45) is 5.18. The van der Waals surface area contributed by atoms with Gasteiger partial charge in [0.2, 0.25) is 17.6 Å². The second kappa shape index (κ2) is 6.56. The van der Waals surface area contributed by atoms with Gasteiger partial charge in [0, 0.05) is 19.2 Å². The van der Waals surface area contributed by atoms with Gasteiger partial charge in [0.1, 0.15) is 6.04 Å². The molecule has 0 saturated carbocycles. The smallest absolute Gasteiger partial charge is 0.249 e. The summed E-state index contributed by atoms with van der Waals surface area (Å²) in [7, 11) is 0. The van der Waals surface area contributed by atoms with Crippen LogP contribution in [0.5, 0.6) is 0 Å². The molecular weight excluding hydrogens is 300 g/mol. The summed E-state index contributed by atoms with van der Waals surface area (Å²) in [5, 5.41) is 4.05. The van der Waals surface area contributed by atoms with E-state index in [2.05, 4.69) is 29.0 Å². The highest BCUT2D eigenvalue weighted by Crippen LogP contribution is 2.31.